The van der Waals surface area contributed by atoms with E-state index in [0.29, 0.717) is 48.6 Å². The van der Waals surface area contributed by atoms with Gasteiger partial charge in [-0.25, -0.2) is 0 Å². The second kappa shape index (κ2) is 10.0. The summed E-state index contributed by atoms with van der Waals surface area (Å²) in [6, 6.07) is 14.8. The monoisotopic (exact) mass is 464 g/mol. The van der Waals surface area contributed by atoms with E-state index in [-0.39, 0.29) is 30.0 Å². The highest BCUT2D eigenvalue weighted by atomic mass is 16.5. The summed E-state index contributed by atoms with van der Waals surface area (Å²) in [5.41, 5.74) is 0.241. The lowest BCUT2D eigenvalue weighted by atomic mass is 9.61. The highest BCUT2D eigenvalue weighted by molar-refractivity contribution is 5.88. The van der Waals surface area contributed by atoms with E-state index >= 15 is 0 Å². The number of nitrogens with zero attached hydrogens (tertiary/aromatic N) is 1. The molecule has 0 aromatic heterocycles. The molecular weight excluding hydrogens is 432 g/mol. The second-order valence-corrected chi connectivity index (χ2v) is 9.23. The summed E-state index contributed by atoms with van der Waals surface area (Å²) in [6.45, 7) is 0.512. The topological polar surface area (TPSA) is 101 Å². The lowest BCUT2D eigenvalue weighted by molar-refractivity contribution is -0.124. The van der Waals surface area contributed by atoms with Crippen LogP contribution in [0.25, 0.3) is 0 Å². The van der Waals surface area contributed by atoms with Gasteiger partial charge in [-0.3, -0.25) is 4.79 Å². The Morgan fingerprint density at radius 1 is 1.09 bits per heavy atom. The molecule has 1 aliphatic heterocycles. The smallest absolute Gasteiger partial charge is 0.154 e. The fourth-order valence-corrected chi connectivity index (χ4v) is 6.01. The molecule has 0 radical (unpaired) electrons. The molecule has 1 aliphatic carbocycles. The van der Waals surface area contributed by atoms with Crippen molar-refractivity contribution in [3.05, 3.63) is 53.6 Å². The Kier molecular flexibility index (Phi) is 7.11. The highest BCUT2D eigenvalue weighted by Gasteiger charge is 2.55. The first kappa shape index (κ1) is 24.1. The highest BCUT2D eigenvalue weighted by Crippen LogP contribution is 2.53. The average Bonchev–Trinajstić information content (AvgIpc) is 3.29. The molecule has 180 valence electrons. The normalized spacial score (nSPS) is 28.0. The Morgan fingerprint density at radius 3 is 2.38 bits per heavy atom. The molecule has 7 heteroatoms. The number of nitriles is 1. The van der Waals surface area contributed by atoms with Crippen LogP contribution in [0.15, 0.2) is 42.5 Å². The van der Waals surface area contributed by atoms with Crippen molar-refractivity contribution in [2.45, 2.75) is 37.3 Å². The quantitative estimate of drug-likeness (QED) is 0.619. The van der Waals surface area contributed by atoms with E-state index in [1.54, 1.807) is 21.3 Å². The lowest BCUT2D eigenvalue weighted by Gasteiger charge is -2.46. The zero-order valence-electron chi connectivity index (χ0n) is 19.9. The maximum atomic E-state index is 13.6. The van der Waals surface area contributed by atoms with E-state index in [9.17, 15) is 15.2 Å². The largest absolute Gasteiger partial charge is 0.496 e. The van der Waals surface area contributed by atoms with E-state index in [2.05, 4.69) is 11.4 Å². The van der Waals surface area contributed by atoms with Crippen LogP contribution in [0, 0.1) is 29.1 Å². The molecule has 1 saturated heterocycles. The molecule has 4 rings (SSSR count). The molecule has 2 aromatic carbocycles. The van der Waals surface area contributed by atoms with Gasteiger partial charge in [0.25, 0.3) is 0 Å². The van der Waals surface area contributed by atoms with Crippen molar-refractivity contribution in [3.63, 3.8) is 0 Å². The molecule has 0 spiro atoms. The molecule has 34 heavy (non-hydrogen) atoms. The Hall–Kier alpha value is -3.08. The summed E-state index contributed by atoms with van der Waals surface area (Å²) in [7, 11) is 4.75. The number of benzene rings is 2. The fraction of sp³-hybridized carbons (Fsp3) is 0.481. The van der Waals surface area contributed by atoms with Gasteiger partial charge < -0.3 is 24.6 Å². The van der Waals surface area contributed by atoms with Crippen molar-refractivity contribution < 1.29 is 24.1 Å². The lowest BCUT2D eigenvalue weighted by Crippen LogP contribution is -2.48. The molecule has 7 nitrogen and oxygen atoms in total. The summed E-state index contributed by atoms with van der Waals surface area (Å²) in [6.07, 6.45) is 1.67. The van der Waals surface area contributed by atoms with E-state index in [1.807, 2.05) is 42.5 Å². The molecule has 2 fully saturated rings. The van der Waals surface area contributed by atoms with Gasteiger partial charge in [0.2, 0.25) is 0 Å². The minimum atomic E-state index is -1.19. The van der Waals surface area contributed by atoms with Gasteiger partial charge in [0.05, 0.1) is 39.0 Å². The van der Waals surface area contributed by atoms with Crippen molar-refractivity contribution in [1.82, 2.24) is 5.32 Å². The number of aliphatic hydroxyl groups is 1. The third-order valence-corrected chi connectivity index (χ3v) is 7.50. The summed E-state index contributed by atoms with van der Waals surface area (Å²) in [4.78, 5) is 13.6. The van der Waals surface area contributed by atoms with E-state index < -0.39 is 11.6 Å². The number of carbonyl (C=O) groups excluding carboxylic acids is 1. The van der Waals surface area contributed by atoms with Crippen molar-refractivity contribution in [1.29, 1.82) is 5.26 Å². The molecule has 5 atom stereocenters. The maximum Gasteiger partial charge on any atom is 0.154 e. The molecule has 1 heterocycles. The number of rotatable bonds is 8. The van der Waals surface area contributed by atoms with Crippen LogP contribution >= 0.6 is 0 Å². The van der Waals surface area contributed by atoms with E-state index in [1.165, 1.54) is 0 Å². The molecule has 0 bridgehead atoms. The summed E-state index contributed by atoms with van der Waals surface area (Å²) < 4.78 is 16.5. The number of nitrogens with one attached hydrogen (secondary N) is 1. The van der Waals surface area contributed by atoms with Crippen molar-refractivity contribution in [2.24, 2.45) is 17.8 Å². The number of hydrogen-bond acceptors (Lipinski definition) is 7. The molecule has 0 amide bonds. The molecular formula is C27H32N2O5. The molecule has 2 aromatic rings. The predicted molar refractivity (Wildman–Crippen MR) is 127 cm³/mol. The summed E-state index contributed by atoms with van der Waals surface area (Å²) in [5, 5.41) is 24.9. The van der Waals surface area contributed by atoms with Crippen LogP contribution in [0.3, 0.4) is 0 Å². The number of Topliss-reactive ketones (excluding diaryl/α,β-unsaturated/α-hetero) is 1. The van der Waals surface area contributed by atoms with Crippen molar-refractivity contribution in [2.75, 3.05) is 27.9 Å². The van der Waals surface area contributed by atoms with Gasteiger partial charge in [0.15, 0.2) is 5.78 Å². The van der Waals surface area contributed by atoms with Crippen LogP contribution in [0.4, 0.5) is 0 Å². The Bertz CT molecular complexity index is 1060. The number of ketones is 1. The number of para-hydroxylation sites is 1. The SMILES string of the molecule is COc1ccccc1C1(O)CC(CC#N)CC2C(C(=O)Cc3c(OC)cccc3OC)NCC21. The maximum absolute atomic E-state index is 13.6. The minimum absolute atomic E-state index is 0.0165. The minimum Gasteiger partial charge on any atom is -0.496 e. The first-order valence-corrected chi connectivity index (χ1v) is 11.7. The molecule has 1 saturated carbocycles. The van der Waals surface area contributed by atoms with Gasteiger partial charge in [0, 0.05) is 36.4 Å². The van der Waals surface area contributed by atoms with Crippen molar-refractivity contribution in [3.8, 4) is 23.3 Å². The zero-order chi connectivity index (χ0) is 24.3. The number of hydrogen-bond donors (Lipinski definition) is 2. The molecule has 5 unspecified atom stereocenters. The van der Waals surface area contributed by atoms with Crippen LogP contribution in [-0.4, -0.2) is 44.8 Å². The third kappa shape index (κ3) is 4.24. The third-order valence-electron chi connectivity index (χ3n) is 7.50. The van der Waals surface area contributed by atoms with Gasteiger partial charge in [-0.1, -0.05) is 24.3 Å². The van der Waals surface area contributed by atoms with E-state index in [0.717, 1.165) is 5.56 Å². The van der Waals surface area contributed by atoms with E-state index in [4.69, 9.17) is 14.2 Å². The number of carbonyl (C=O) groups is 1. The van der Waals surface area contributed by atoms with Crippen molar-refractivity contribution >= 4 is 5.78 Å². The fourth-order valence-electron chi connectivity index (χ4n) is 6.01. The average molecular weight is 465 g/mol. The van der Waals surface area contributed by atoms with Gasteiger partial charge in [-0.05, 0) is 42.9 Å². The van der Waals surface area contributed by atoms with Crippen LogP contribution in [0.2, 0.25) is 0 Å². The standard InChI is InChI=1S/C27H32N2O5/c1-32-23-9-6-10-24(33-2)19(23)14-22(30)26-18-13-17(11-12-28)15-27(31,21(18)16-29-26)20-7-4-5-8-25(20)34-3/h4-10,17-18,21,26,29,31H,11,13-16H2,1-3H3. The summed E-state index contributed by atoms with van der Waals surface area (Å²) >= 11 is 0. The Morgan fingerprint density at radius 2 is 1.74 bits per heavy atom. The molecule has 2 N–H and O–H groups in total. The van der Waals surface area contributed by atoms with Crippen LogP contribution in [-0.2, 0) is 16.8 Å². The van der Waals surface area contributed by atoms with Gasteiger partial charge in [-0.15, -0.1) is 0 Å². The van der Waals surface area contributed by atoms with Gasteiger partial charge in [0.1, 0.15) is 17.2 Å². The number of methoxy groups -OCH3 is 3. The summed E-state index contributed by atoms with van der Waals surface area (Å²) in [5.74, 6) is 1.57. The van der Waals surface area contributed by atoms with Crippen LogP contribution < -0.4 is 19.5 Å². The second-order valence-electron chi connectivity index (χ2n) is 9.23. The van der Waals surface area contributed by atoms with Gasteiger partial charge >= 0.3 is 0 Å². The Labute approximate surface area is 200 Å². The predicted octanol–water partition coefficient (Wildman–Crippen LogP) is 3.24. The first-order chi connectivity index (χ1) is 16.5. The van der Waals surface area contributed by atoms with Crippen LogP contribution in [0.1, 0.15) is 30.4 Å². The zero-order valence-corrected chi connectivity index (χ0v) is 19.9. The molecule has 2 aliphatic rings. The van der Waals surface area contributed by atoms with Crippen LogP contribution in [0.5, 0.6) is 17.2 Å². The van der Waals surface area contributed by atoms with Gasteiger partial charge in [-0.2, -0.15) is 5.26 Å². The Balaban J connectivity index is 1.66. The first-order valence-electron chi connectivity index (χ1n) is 11.7. The number of fused-ring (bicyclic) bond motifs is 1. The number of ether oxygens (including phenoxy) is 3.